The van der Waals surface area contributed by atoms with Gasteiger partial charge in [0.05, 0.1) is 22.3 Å². The zero-order valence-corrected chi connectivity index (χ0v) is 13.6. The Kier molecular flexibility index (Phi) is 4.16. The molecular formula is C18H11ClF3NO2. The summed E-state index contributed by atoms with van der Waals surface area (Å²) in [6, 6.07) is 8.99. The summed E-state index contributed by atoms with van der Waals surface area (Å²) in [5.74, 6) is -1.21. The first kappa shape index (κ1) is 17.2. The van der Waals surface area contributed by atoms with E-state index < -0.39 is 17.7 Å². The first-order valence-corrected chi connectivity index (χ1v) is 7.56. The van der Waals surface area contributed by atoms with E-state index in [1.807, 2.05) is 0 Å². The lowest BCUT2D eigenvalue weighted by molar-refractivity contribution is -0.137. The molecule has 3 aromatic rings. The molecule has 25 heavy (non-hydrogen) atoms. The number of carboxylic acids is 1. The highest BCUT2D eigenvalue weighted by atomic mass is 35.5. The number of halogens is 4. The van der Waals surface area contributed by atoms with Crippen LogP contribution in [0, 0.1) is 6.92 Å². The third-order valence-corrected chi connectivity index (χ3v) is 4.00. The van der Waals surface area contributed by atoms with Gasteiger partial charge in [0.15, 0.2) is 0 Å². The fourth-order valence-corrected chi connectivity index (χ4v) is 2.91. The Bertz CT molecular complexity index is 1000. The number of hydrogen-bond acceptors (Lipinski definition) is 2. The number of fused-ring (bicyclic) bond motifs is 1. The summed E-state index contributed by atoms with van der Waals surface area (Å²) < 4.78 is 38.8. The first-order valence-electron chi connectivity index (χ1n) is 7.18. The van der Waals surface area contributed by atoms with Crippen LogP contribution >= 0.6 is 11.6 Å². The zero-order chi connectivity index (χ0) is 18.4. The molecule has 0 aliphatic rings. The molecule has 1 N–H and O–H groups in total. The number of benzene rings is 2. The van der Waals surface area contributed by atoms with Crippen LogP contribution < -0.4 is 0 Å². The molecule has 0 atom stereocenters. The molecule has 0 aliphatic heterocycles. The third kappa shape index (κ3) is 3.30. The molecule has 0 radical (unpaired) electrons. The monoisotopic (exact) mass is 365 g/mol. The predicted molar refractivity (Wildman–Crippen MR) is 88.9 cm³/mol. The van der Waals surface area contributed by atoms with E-state index >= 15 is 0 Å². The summed E-state index contributed by atoms with van der Waals surface area (Å²) in [7, 11) is 0. The minimum atomic E-state index is -4.49. The lowest BCUT2D eigenvalue weighted by atomic mass is 10.0. The average Bonchev–Trinajstić information content (AvgIpc) is 2.53. The lowest BCUT2D eigenvalue weighted by Crippen LogP contribution is -2.05. The number of aromatic carboxylic acids is 1. The second-order valence-corrected chi connectivity index (χ2v) is 5.99. The van der Waals surface area contributed by atoms with E-state index in [4.69, 9.17) is 11.6 Å². The van der Waals surface area contributed by atoms with Gasteiger partial charge in [-0.05, 0) is 42.8 Å². The number of rotatable bonds is 2. The van der Waals surface area contributed by atoms with Crippen LogP contribution in [0.4, 0.5) is 13.2 Å². The van der Waals surface area contributed by atoms with Crippen molar-refractivity contribution in [3.63, 3.8) is 0 Å². The van der Waals surface area contributed by atoms with E-state index in [2.05, 4.69) is 4.98 Å². The number of aryl methyl sites for hydroxylation is 1. The summed E-state index contributed by atoms with van der Waals surface area (Å²) in [5, 5.41) is 10.2. The van der Waals surface area contributed by atoms with E-state index in [1.54, 1.807) is 13.0 Å². The van der Waals surface area contributed by atoms with Gasteiger partial charge in [0.25, 0.3) is 0 Å². The number of carbonyl (C=O) groups is 1. The third-order valence-electron chi connectivity index (χ3n) is 3.78. The molecule has 3 nitrogen and oxygen atoms in total. The Morgan fingerprint density at radius 1 is 1.16 bits per heavy atom. The van der Waals surface area contributed by atoms with Gasteiger partial charge < -0.3 is 5.11 Å². The van der Waals surface area contributed by atoms with Gasteiger partial charge in [-0.25, -0.2) is 9.78 Å². The van der Waals surface area contributed by atoms with Crippen LogP contribution in [-0.4, -0.2) is 16.1 Å². The van der Waals surface area contributed by atoms with Crippen molar-refractivity contribution >= 4 is 28.5 Å². The summed E-state index contributed by atoms with van der Waals surface area (Å²) in [6.07, 6.45) is -4.49. The van der Waals surface area contributed by atoms with Crippen LogP contribution in [0.1, 0.15) is 21.5 Å². The predicted octanol–water partition coefficient (Wildman–Crippen LogP) is 5.58. The van der Waals surface area contributed by atoms with Gasteiger partial charge in [-0.2, -0.15) is 13.2 Å². The fraction of sp³-hybridized carbons (Fsp3) is 0.111. The van der Waals surface area contributed by atoms with Crippen molar-refractivity contribution in [3.05, 3.63) is 64.2 Å². The molecule has 0 bridgehead atoms. The largest absolute Gasteiger partial charge is 0.478 e. The average molecular weight is 366 g/mol. The van der Waals surface area contributed by atoms with Crippen molar-refractivity contribution in [1.82, 2.24) is 4.98 Å². The highest BCUT2D eigenvalue weighted by Gasteiger charge is 2.30. The van der Waals surface area contributed by atoms with Crippen LogP contribution in [0.5, 0.6) is 0 Å². The summed E-state index contributed by atoms with van der Waals surface area (Å²) in [4.78, 5) is 16.0. The first-order chi connectivity index (χ1) is 11.7. The van der Waals surface area contributed by atoms with Gasteiger partial charge in [0.1, 0.15) is 0 Å². The zero-order valence-electron chi connectivity index (χ0n) is 12.9. The van der Waals surface area contributed by atoms with E-state index in [0.717, 1.165) is 12.1 Å². The molecule has 7 heteroatoms. The molecular weight excluding hydrogens is 355 g/mol. The number of nitrogens with zero attached hydrogens (tertiary/aromatic N) is 1. The van der Waals surface area contributed by atoms with Crippen LogP contribution in [0.3, 0.4) is 0 Å². The Hall–Kier alpha value is -2.60. The highest BCUT2D eigenvalue weighted by Crippen LogP contribution is 2.33. The van der Waals surface area contributed by atoms with Crippen LogP contribution in [-0.2, 0) is 6.18 Å². The van der Waals surface area contributed by atoms with Gasteiger partial charge in [-0.1, -0.05) is 23.7 Å². The van der Waals surface area contributed by atoms with E-state index in [1.165, 1.54) is 24.3 Å². The molecule has 1 aromatic heterocycles. The van der Waals surface area contributed by atoms with Crippen molar-refractivity contribution < 1.29 is 23.1 Å². The van der Waals surface area contributed by atoms with Crippen molar-refractivity contribution in [2.45, 2.75) is 13.1 Å². The van der Waals surface area contributed by atoms with E-state index in [9.17, 15) is 23.1 Å². The Morgan fingerprint density at radius 3 is 2.52 bits per heavy atom. The smallest absolute Gasteiger partial charge is 0.416 e. The molecule has 0 saturated carbocycles. The molecule has 0 unspecified atom stereocenters. The van der Waals surface area contributed by atoms with Crippen LogP contribution in [0.15, 0.2) is 42.5 Å². The lowest BCUT2D eigenvalue weighted by Gasteiger charge is -2.12. The molecule has 0 amide bonds. The normalized spacial score (nSPS) is 11.7. The van der Waals surface area contributed by atoms with Crippen LogP contribution in [0.2, 0.25) is 5.02 Å². The molecule has 2 aromatic carbocycles. The summed E-state index contributed by atoms with van der Waals surface area (Å²) in [5.41, 5.74) is 0.477. The standard InChI is InChI=1S/C18H11ClF3NO2/c1-9-5-12(19)7-13-14(17(24)25)8-15(23-16(9)13)10-3-2-4-11(6-10)18(20,21)22/h2-8H,1H3,(H,24,25). The number of aromatic nitrogens is 1. The SMILES string of the molecule is Cc1cc(Cl)cc2c(C(=O)O)cc(-c3cccc(C(F)(F)F)c3)nc12. The Morgan fingerprint density at radius 2 is 1.88 bits per heavy atom. The number of carboxylic acid groups (broad SMARTS) is 1. The molecule has 0 aliphatic carbocycles. The van der Waals surface area contributed by atoms with Gasteiger partial charge in [-0.15, -0.1) is 0 Å². The van der Waals surface area contributed by atoms with Gasteiger partial charge in [0, 0.05) is 16.0 Å². The molecule has 0 saturated heterocycles. The summed E-state index contributed by atoms with van der Waals surface area (Å²) in [6.45, 7) is 1.71. The van der Waals surface area contributed by atoms with E-state index in [-0.39, 0.29) is 16.8 Å². The summed E-state index contributed by atoms with van der Waals surface area (Å²) >= 11 is 5.98. The maximum absolute atomic E-state index is 12.9. The minimum absolute atomic E-state index is 0.0667. The number of hydrogen-bond donors (Lipinski definition) is 1. The van der Waals surface area contributed by atoms with Crippen molar-refractivity contribution in [1.29, 1.82) is 0 Å². The quantitative estimate of drug-likeness (QED) is 0.645. The molecule has 128 valence electrons. The molecule has 0 spiro atoms. The topological polar surface area (TPSA) is 50.2 Å². The molecule has 0 fully saturated rings. The second kappa shape index (κ2) is 6.04. The van der Waals surface area contributed by atoms with Gasteiger partial charge in [-0.3, -0.25) is 0 Å². The Balaban J connectivity index is 2.30. The maximum atomic E-state index is 12.9. The fourth-order valence-electron chi connectivity index (χ4n) is 2.64. The Labute approximate surface area is 145 Å². The van der Waals surface area contributed by atoms with Gasteiger partial charge in [0.2, 0.25) is 0 Å². The minimum Gasteiger partial charge on any atom is -0.478 e. The van der Waals surface area contributed by atoms with Crippen molar-refractivity contribution in [2.75, 3.05) is 0 Å². The maximum Gasteiger partial charge on any atom is 0.416 e. The highest BCUT2D eigenvalue weighted by molar-refractivity contribution is 6.31. The van der Waals surface area contributed by atoms with Crippen molar-refractivity contribution in [2.24, 2.45) is 0 Å². The molecule has 3 rings (SSSR count). The number of pyridine rings is 1. The molecule has 1 heterocycles. The van der Waals surface area contributed by atoms with Gasteiger partial charge >= 0.3 is 12.1 Å². The van der Waals surface area contributed by atoms with Crippen LogP contribution in [0.25, 0.3) is 22.2 Å². The number of alkyl halides is 3. The van der Waals surface area contributed by atoms with E-state index in [0.29, 0.717) is 21.5 Å². The second-order valence-electron chi connectivity index (χ2n) is 5.56. The van der Waals surface area contributed by atoms with Crippen molar-refractivity contribution in [3.8, 4) is 11.3 Å².